The van der Waals surface area contributed by atoms with Crippen molar-refractivity contribution in [3.8, 4) is 6.07 Å². The molecule has 0 saturated carbocycles. The van der Waals surface area contributed by atoms with Crippen molar-refractivity contribution in [3.63, 3.8) is 0 Å². The lowest BCUT2D eigenvalue weighted by Gasteiger charge is -2.31. The van der Waals surface area contributed by atoms with Crippen LogP contribution in [-0.4, -0.2) is 38.9 Å². The number of sulfonamides is 1. The number of nitrogens with zero attached hydrogens (tertiary/aromatic N) is 2. The Hall–Kier alpha value is -1.42. The molecule has 5 nitrogen and oxygen atoms in total. The molecule has 1 heterocycles. The van der Waals surface area contributed by atoms with Gasteiger partial charge in [0, 0.05) is 19.1 Å². The molecule has 1 saturated heterocycles. The van der Waals surface area contributed by atoms with Gasteiger partial charge in [-0.1, -0.05) is 12.1 Å². The molecule has 20 heavy (non-hydrogen) atoms. The van der Waals surface area contributed by atoms with Crippen LogP contribution in [0.4, 0.5) is 0 Å². The molecule has 1 fully saturated rings. The van der Waals surface area contributed by atoms with Crippen LogP contribution in [0.1, 0.15) is 24.0 Å². The lowest BCUT2D eigenvalue weighted by Crippen LogP contribution is -2.47. The molecule has 108 valence electrons. The van der Waals surface area contributed by atoms with Crippen LogP contribution < -0.4 is 5.32 Å². The summed E-state index contributed by atoms with van der Waals surface area (Å²) in [7, 11) is -1.46. The van der Waals surface area contributed by atoms with Crippen molar-refractivity contribution in [1.29, 1.82) is 5.26 Å². The van der Waals surface area contributed by atoms with Crippen LogP contribution in [0.3, 0.4) is 0 Å². The van der Waals surface area contributed by atoms with Gasteiger partial charge in [-0.25, -0.2) is 12.7 Å². The SMILES string of the molecule is CNC1CCCN(S(=O)(=O)Cc2cccc(C#N)c2)C1. The summed E-state index contributed by atoms with van der Waals surface area (Å²) >= 11 is 0. The largest absolute Gasteiger partial charge is 0.316 e. The average molecular weight is 293 g/mol. The highest BCUT2D eigenvalue weighted by atomic mass is 32.2. The standard InChI is InChI=1S/C14H19N3O2S/c1-16-14-6-3-7-17(10-14)20(18,19)11-13-5-2-4-12(8-13)9-15/h2,4-5,8,14,16H,3,6-7,10-11H2,1H3. The predicted molar refractivity (Wildman–Crippen MR) is 77.4 cm³/mol. The number of hydrogen-bond donors (Lipinski definition) is 1. The Morgan fingerprint density at radius 1 is 1.50 bits per heavy atom. The van der Waals surface area contributed by atoms with E-state index in [1.165, 1.54) is 0 Å². The van der Waals surface area contributed by atoms with Gasteiger partial charge >= 0.3 is 0 Å². The molecule has 1 aliphatic rings. The second-order valence-electron chi connectivity index (χ2n) is 5.05. The summed E-state index contributed by atoms with van der Waals surface area (Å²) in [6.07, 6.45) is 1.88. The maximum atomic E-state index is 12.4. The van der Waals surface area contributed by atoms with E-state index in [-0.39, 0.29) is 11.8 Å². The summed E-state index contributed by atoms with van der Waals surface area (Å²) < 4.78 is 26.4. The van der Waals surface area contributed by atoms with Crippen molar-refractivity contribution in [1.82, 2.24) is 9.62 Å². The molecule has 1 aliphatic heterocycles. The van der Waals surface area contributed by atoms with Gasteiger partial charge in [0.1, 0.15) is 0 Å². The smallest absolute Gasteiger partial charge is 0.218 e. The molecular formula is C14H19N3O2S. The highest BCUT2D eigenvalue weighted by Crippen LogP contribution is 2.18. The molecule has 2 rings (SSSR count). The molecule has 0 aromatic heterocycles. The first-order valence-corrected chi connectivity index (χ1v) is 8.30. The second-order valence-corrected chi connectivity index (χ2v) is 7.02. The van der Waals surface area contributed by atoms with E-state index >= 15 is 0 Å². The molecule has 1 unspecified atom stereocenters. The van der Waals surface area contributed by atoms with Crippen molar-refractivity contribution in [3.05, 3.63) is 35.4 Å². The molecule has 6 heteroatoms. The minimum Gasteiger partial charge on any atom is -0.316 e. The number of nitriles is 1. The normalized spacial score (nSPS) is 20.5. The van der Waals surface area contributed by atoms with Crippen LogP contribution in [-0.2, 0) is 15.8 Å². The predicted octanol–water partition coefficient (Wildman–Crippen LogP) is 1.07. The van der Waals surface area contributed by atoms with E-state index in [4.69, 9.17) is 5.26 Å². The molecule has 0 aliphatic carbocycles. The Labute approximate surface area is 120 Å². The maximum Gasteiger partial charge on any atom is 0.218 e. The molecule has 0 bridgehead atoms. The first-order chi connectivity index (χ1) is 9.55. The van der Waals surface area contributed by atoms with Crippen molar-refractivity contribution in [2.24, 2.45) is 0 Å². The van der Waals surface area contributed by atoms with Crippen molar-refractivity contribution in [2.75, 3.05) is 20.1 Å². The summed E-state index contributed by atoms with van der Waals surface area (Å²) in [6, 6.07) is 9.03. The summed E-state index contributed by atoms with van der Waals surface area (Å²) in [4.78, 5) is 0. The lowest BCUT2D eigenvalue weighted by molar-refractivity contribution is 0.292. The van der Waals surface area contributed by atoms with Gasteiger partial charge in [0.2, 0.25) is 10.0 Å². The Morgan fingerprint density at radius 2 is 2.30 bits per heavy atom. The zero-order valence-electron chi connectivity index (χ0n) is 11.5. The third-order valence-electron chi connectivity index (χ3n) is 3.59. The zero-order chi connectivity index (χ0) is 14.6. The van der Waals surface area contributed by atoms with Gasteiger partial charge in [-0.3, -0.25) is 0 Å². The number of likely N-dealkylation sites (N-methyl/N-ethyl adjacent to an activating group) is 1. The minimum atomic E-state index is -3.32. The molecule has 1 aromatic rings. The second kappa shape index (κ2) is 6.35. The average Bonchev–Trinajstić information content (AvgIpc) is 2.47. The number of benzene rings is 1. The van der Waals surface area contributed by atoms with Crippen LogP contribution >= 0.6 is 0 Å². The van der Waals surface area contributed by atoms with Gasteiger partial charge in [0.15, 0.2) is 0 Å². The fraction of sp³-hybridized carbons (Fsp3) is 0.500. The summed E-state index contributed by atoms with van der Waals surface area (Å²) in [5.41, 5.74) is 1.15. The minimum absolute atomic E-state index is 0.0427. The summed E-state index contributed by atoms with van der Waals surface area (Å²) in [5.74, 6) is -0.0427. The van der Waals surface area contributed by atoms with Gasteiger partial charge in [-0.2, -0.15) is 5.26 Å². The first kappa shape index (κ1) is 15.0. The fourth-order valence-corrected chi connectivity index (χ4v) is 4.06. The third kappa shape index (κ3) is 3.57. The highest BCUT2D eigenvalue weighted by molar-refractivity contribution is 7.88. The summed E-state index contributed by atoms with van der Waals surface area (Å²) in [6.45, 7) is 1.11. The summed E-state index contributed by atoms with van der Waals surface area (Å²) in [5, 5.41) is 12.0. The van der Waals surface area contributed by atoms with Crippen molar-refractivity contribution in [2.45, 2.75) is 24.6 Å². The Morgan fingerprint density at radius 3 is 3.00 bits per heavy atom. The van der Waals surface area contributed by atoms with E-state index in [9.17, 15) is 8.42 Å². The lowest BCUT2D eigenvalue weighted by atomic mass is 10.1. The zero-order valence-corrected chi connectivity index (χ0v) is 12.4. The first-order valence-electron chi connectivity index (χ1n) is 6.69. The fourth-order valence-electron chi connectivity index (χ4n) is 2.46. The quantitative estimate of drug-likeness (QED) is 0.901. The van der Waals surface area contributed by atoms with E-state index in [1.807, 2.05) is 13.1 Å². The third-order valence-corrected chi connectivity index (χ3v) is 5.41. The van der Waals surface area contributed by atoms with Crippen LogP contribution in [0.25, 0.3) is 0 Å². The van der Waals surface area contributed by atoms with Gasteiger partial charge in [0.25, 0.3) is 0 Å². The number of rotatable bonds is 4. The topological polar surface area (TPSA) is 73.2 Å². The van der Waals surface area contributed by atoms with E-state index in [2.05, 4.69) is 5.32 Å². The van der Waals surface area contributed by atoms with Crippen molar-refractivity contribution >= 4 is 10.0 Å². The number of piperidine rings is 1. The van der Waals surface area contributed by atoms with E-state index in [0.717, 1.165) is 12.8 Å². The van der Waals surface area contributed by atoms with Crippen molar-refractivity contribution < 1.29 is 8.42 Å². The monoisotopic (exact) mass is 293 g/mol. The molecule has 1 aromatic carbocycles. The van der Waals surface area contributed by atoms with Crippen LogP contribution in [0.2, 0.25) is 0 Å². The van der Waals surface area contributed by atoms with Gasteiger partial charge in [0.05, 0.1) is 17.4 Å². The van der Waals surface area contributed by atoms with Gasteiger partial charge in [-0.05, 0) is 37.6 Å². The molecule has 1 atom stereocenters. The van der Waals surface area contributed by atoms with Crippen LogP contribution in [0, 0.1) is 11.3 Å². The molecule has 0 radical (unpaired) electrons. The Bertz CT molecular complexity index is 607. The van der Waals surface area contributed by atoms with E-state index in [1.54, 1.807) is 28.6 Å². The van der Waals surface area contributed by atoms with Gasteiger partial charge in [-0.15, -0.1) is 0 Å². The van der Waals surface area contributed by atoms with E-state index < -0.39 is 10.0 Å². The molecule has 1 N–H and O–H groups in total. The van der Waals surface area contributed by atoms with E-state index in [0.29, 0.717) is 24.2 Å². The highest BCUT2D eigenvalue weighted by Gasteiger charge is 2.28. The molecular weight excluding hydrogens is 274 g/mol. The molecule has 0 spiro atoms. The van der Waals surface area contributed by atoms with Crippen LogP contribution in [0.5, 0.6) is 0 Å². The molecule has 0 amide bonds. The number of nitrogens with one attached hydrogen (secondary N) is 1. The number of hydrogen-bond acceptors (Lipinski definition) is 4. The Balaban J connectivity index is 2.12. The van der Waals surface area contributed by atoms with Crippen LogP contribution in [0.15, 0.2) is 24.3 Å². The Kier molecular flexibility index (Phi) is 4.76. The maximum absolute atomic E-state index is 12.4. The van der Waals surface area contributed by atoms with Gasteiger partial charge < -0.3 is 5.32 Å².